The molecule has 1 aliphatic heterocycles. The Hall–Kier alpha value is -3.06. The fraction of sp³-hybridized carbons (Fsp3) is 0.444. The standard InChI is InChI=1S/C18H20N6O/c1-2-12-10-24(16(25)4-3-6-19)11-15(12)23-17-13(8-20)9-22-18-14(17)5-7-21-18/h5,7,9,12,15H,2-4,10-11H2,1H3,(H2,21,22,23). The number of carbonyl (C=O) groups is 1. The number of fused-ring (bicyclic) bond motifs is 1. The van der Waals surface area contributed by atoms with Crippen molar-refractivity contribution in [1.29, 1.82) is 10.5 Å². The maximum Gasteiger partial charge on any atom is 0.223 e. The maximum atomic E-state index is 12.2. The van der Waals surface area contributed by atoms with Gasteiger partial charge >= 0.3 is 0 Å². The number of carbonyl (C=O) groups excluding carboxylic acids is 1. The summed E-state index contributed by atoms with van der Waals surface area (Å²) in [6.07, 6.45) is 4.81. The van der Waals surface area contributed by atoms with E-state index < -0.39 is 0 Å². The molecule has 1 saturated heterocycles. The van der Waals surface area contributed by atoms with Crippen LogP contribution in [-0.4, -0.2) is 39.9 Å². The molecule has 3 heterocycles. The van der Waals surface area contributed by atoms with Crippen molar-refractivity contribution < 1.29 is 4.79 Å². The van der Waals surface area contributed by atoms with E-state index in [9.17, 15) is 10.1 Å². The minimum absolute atomic E-state index is 0.0197. The van der Waals surface area contributed by atoms with Crippen LogP contribution < -0.4 is 5.32 Å². The van der Waals surface area contributed by atoms with Gasteiger partial charge in [-0.1, -0.05) is 6.92 Å². The summed E-state index contributed by atoms with van der Waals surface area (Å²) in [7, 11) is 0. The van der Waals surface area contributed by atoms with E-state index in [0.29, 0.717) is 24.6 Å². The lowest BCUT2D eigenvalue weighted by Crippen LogP contribution is -2.32. The monoisotopic (exact) mass is 336 g/mol. The van der Waals surface area contributed by atoms with Crippen molar-refractivity contribution in [3.63, 3.8) is 0 Å². The third-order valence-corrected chi connectivity index (χ3v) is 4.81. The number of aromatic nitrogens is 2. The first-order valence-corrected chi connectivity index (χ1v) is 8.45. The van der Waals surface area contributed by atoms with Gasteiger partial charge in [0.15, 0.2) is 0 Å². The van der Waals surface area contributed by atoms with E-state index in [4.69, 9.17) is 5.26 Å². The van der Waals surface area contributed by atoms with Crippen molar-refractivity contribution in [3.8, 4) is 12.1 Å². The Kier molecular flexibility index (Phi) is 4.85. The van der Waals surface area contributed by atoms with Crippen molar-refractivity contribution in [2.24, 2.45) is 5.92 Å². The van der Waals surface area contributed by atoms with Crippen molar-refractivity contribution in [2.75, 3.05) is 18.4 Å². The number of H-pyrrole nitrogens is 1. The molecule has 1 amide bonds. The molecule has 7 nitrogen and oxygen atoms in total. The lowest BCUT2D eigenvalue weighted by Gasteiger charge is -2.20. The largest absolute Gasteiger partial charge is 0.378 e. The predicted molar refractivity (Wildman–Crippen MR) is 93.4 cm³/mol. The zero-order valence-corrected chi connectivity index (χ0v) is 14.1. The van der Waals surface area contributed by atoms with E-state index in [-0.39, 0.29) is 24.8 Å². The normalized spacial score (nSPS) is 19.6. The zero-order chi connectivity index (χ0) is 17.8. The smallest absolute Gasteiger partial charge is 0.223 e. The number of amides is 1. The van der Waals surface area contributed by atoms with Gasteiger partial charge in [-0.3, -0.25) is 4.79 Å². The second-order valence-electron chi connectivity index (χ2n) is 6.27. The number of hydrogen-bond donors (Lipinski definition) is 2. The number of hydrogen-bond acceptors (Lipinski definition) is 5. The van der Waals surface area contributed by atoms with E-state index in [1.807, 2.05) is 17.0 Å². The molecule has 0 spiro atoms. The van der Waals surface area contributed by atoms with Gasteiger partial charge in [-0.25, -0.2) is 4.98 Å². The van der Waals surface area contributed by atoms with Crippen LogP contribution in [0.2, 0.25) is 0 Å². The first-order chi connectivity index (χ1) is 12.2. The maximum absolute atomic E-state index is 12.2. The quantitative estimate of drug-likeness (QED) is 0.871. The summed E-state index contributed by atoms with van der Waals surface area (Å²) in [6.45, 7) is 3.37. The molecule has 0 radical (unpaired) electrons. The molecule has 7 heteroatoms. The minimum atomic E-state index is 0.0197. The van der Waals surface area contributed by atoms with E-state index in [1.165, 1.54) is 0 Å². The molecule has 2 atom stereocenters. The summed E-state index contributed by atoms with van der Waals surface area (Å²) >= 11 is 0. The number of aromatic amines is 1. The average Bonchev–Trinajstić information content (AvgIpc) is 3.26. The van der Waals surface area contributed by atoms with E-state index in [0.717, 1.165) is 23.1 Å². The molecule has 2 N–H and O–H groups in total. The molecular weight excluding hydrogens is 316 g/mol. The molecule has 3 rings (SSSR count). The van der Waals surface area contributed by atoms with Gasteiger partial charge in [-0.15, -0.1) is 0 Å². The molecule has 2 aromatic rings. The number of nitrogens with zero attached hydrogens (tertiary/aromatic N) is 4. The van der Waals surface area contributed by atoms with Crippen LogP contribution in [-0.2, 0) is 4.79 Å². The third kappa shape index (κ3) is 3.27. The Morgan fingerprint density at radius 2 is 2.32 bits per heavy atom. The Morgan fingerprint density at radius 3 is 3.04 bits per heavy atom. The van der Waals surface area contributed by atoms with E-state index in [2.05, 4.69) is 28.3 Å². The van der Waals surface area contributed by atoms with Crippen LogP contribution in [0.1, 0.15) is 31.7 Å². The van der Waals surface area contributed by atoms with Gasteiger partial charge in [0.1, 0.15) is 11.7 Å². The highest BCUT2D eigenvalue weighted by Crippen LogP contribution is 2.30. The number of anilines is 1. The fourth-order valence-corrected chi connectivity index (χ4v) is 3.41. The van der Waals surface area contributed by atoms with Gasteiger partial charge in [-0.2, -0.15) is 10.5 Å². The summed E-state index contributed by atoms with van der Waals surface area (Å²) in [5, 5.41) is 22.5. The third-order valence-electron chi connectivity index (χ3n) is 4.81. The fourth-order valence-electron chi connectivity index (χ4n) is 3.41. The zero-order valence-electron chi connectivity index (χ0n) is 14.1. The van der Waals surface area contributed by atoms with Gasteiger partial charge in [0.05, 0.1) is 17.3 Å². The first-order valence-electron chi connectivity index (χ1n) is 8.45. The van der Waals surface area contributed by atoms with Crippen LogP contribution in [0.3, 0.4) is 0 Å². The molecule has 2 unspecified atom stereocenters. The molecule has 1 aliphatic rings. The number of rotatable bonds is 5. The van der Waals surface area contributed by atoms with Crippen LogP contribution >= 0.6 is 0 Å². The van der Waals surface area contributed by atoms with Crippen molar-refractivity contribution in [2.45, 2.75) is 32.2 Å². The predicted octanol–water partition coefficient (Wildman–Crippen LogP) is 2.39. The lowest BCUT2D eigenvalue weighted by molar-refractivity contribution is -0.130. The summed E-state index contributed by atoms with van der Waals surface area (Å²) in [6, 6.07) is 6.18. The van der Waals surface area contributed by atoms with Crippen molar-refractivity contribution in [3.05, 3.63) is 24.0 Å². The molecule has 128 valence electrons. The highest BCUT2D eigenvalue weighted by molar-refractivity contribution is 5.92. The molecule has 25 heavy (non-hydrogen) atoms. The average molecular weight is 336 g/mol. The lowest BCUT2D eigenvalue weighted by atomic mass is 10.00. The molecule has 0 aromatic carbocycles. The highest BCUT2D eigenvalue weighted by atomic mass is 16.2. The van der Waals surface area contributed by atoms with Crippen LogP contribution in [0.5, 0.6) is 0 Å². The number of likely N-dealkylation sites (tertiary alicyclic amines) is 1. The van der Waals surface area contributed by atoms with Crippen molar-refractivity contribution in [1.82, 2.24) is 14.9 Å². The first kappa shape index (κ1) is 16.8. The van der Waals surface area contributed by atoms with Crippen LogP contribution in [0.15, 0.2) is 18.5 Å². The number of nitrogens with one attached hydrogen (secondary N) is 2. The van der Waals surface area contributed by atoms with Crippen LogP contribution in [0.4, 0.5) is 5.69 Å². The van der Waals surface area contributed by atoms with Gasteiger partial charge in [-0.05, 0) is 18.4 Å². The van der Waals surface area contributed by atoms with Crippen LogP contribution in [0, 0.1) is 28.6 Å². The Balaban J connectivity index is 1.83. The Bertz CT molecular complexity index is 859. The summed E-state index contributed by atoms with van der Waals surface area (Å²) in [5.74, 6) is 0.325. The number of pyridine rings is 1. The van der Waals surface area contributed by atoms with Crippen LogP contribution in [0.25, 0.3) is 11.0 Å². The molecular formula is C18H20N6O. The van der Waals surface area contributed by atoms with Gasteiger partial charge < -0.3 is 15.2 Å². The second kappa shape index (κ2) is 7.23. The van der Waals surface area contributed by atoms with Gasteiger partial charge in [0.2, 0.25) is 5.91 Å². The van der Waals surface area contributed by atoms with E-state index >= 15 is 0 Å². The highest BCUT2D eigenvalue weighted by Gasteiger charge is 2.34. The second-order valence-corrected chi connectivity index (χ2v) is 6.27. The Labute approximate surface area is 146 Å². The Morgan fingerprint density at radius 1 is 1.48 bits per heavy atom. The topological polar surface area (TPSA) is 109 Å². The SMILES string of the molecule is CCC1CN(C(=O)CCC#N)CC1Nc1c(C#N)cnc2[nH]ccc12. The molecule has 0 saturated carbocycles. The van der Waals surface area contributed by atoms with Gasteiger partial charge in [0, 0.05) is 49.8 Å². The van der Waals surface area contributed by atoms with E-state index in [1.54, 1.807) is 12.4 Å². The summed E-state index contributed by atoms with van der Waals surface area (Å²) in [5.41, 5.74) is 1.99. The molecule has 0 aliphatic carbocycles. The molecule has 1 fully saturated rings. The van der Waals surface area contributed by atoms with Gasteiger partial charge in [0.25, 0.3) is 0 Å². The molecule has 2 aromatic heterocycles. The summed E-state index contributed by atoms with van der Waals surface area (Å²) in [4.78, 5) is 21.4. The minimum Gasteiger partial charge on any atom is -0.378 e. The molecule has 0 bridgehead atoms. The summed E-state index contributed by atoms with van der Waals surface area (Å²) < 4.78 is 0. The number of nitriles is 2. The van der Waals surface area contributed by atoms with Crippen molar-refractivity contribution >= 4 is 22.6 Å².